The number of rotatable bonds is 3. The first-order chi connectivity index (χ1) is 23.3. The lowest BCUT2D eigenvalue weighted by molar-refractivity contribution is 0.669. The number of furan rings is 1. The number of hydrogen-bond acceptors (Lipinski definition) is 1. The number of nitrogens with zero attached hydrogens (tertiary/aromatic N) is 3. The van der Waals surface area contributed by atoms with Crippen LogP contribution in [0.1, 0.15) is 0 Å². The van der Waals surface area contributed by atoms with Crippen LogP contribution in [0.2, 0.25) is 0 Å². The SMILES string of the molecule is [C-]#[N+]c1cccc(-c2ccccc2-n2c3ccccc3c3cc4c(cc32)oc2ccccc24)c1-n1c2ccccc2c2ccccc21. The predicted octanol–water partition coefficient (Wildman–Crippen LogP) is 12.0. The minimum absolute atomic E-state index is 0.606. The van der Waals surface area contributed by atoms with Crippen LogP contribution >= 0.6 is 0 Å². The second-order valence-electron chi connectivity index (χ2n) is 12.0. The monoisotopic (exact) mass is 599 g/mol. The van der Waals surface area contributed by atoms with E-state index in [9.17, 15) is 0 Å². The van der Waals surface area contributed by atoms with Gasteiger partial charge < -0.3 is 13.6 Å². The van der Waals surface area contributed by atoms with Crippen LogP contribution in [0.15, 0.2) is 156 Å². The van der Waals surface area contributed by atoms with Gasteiger partial charge in [0.1, 0.15) is 11.2 Å². The molecule has 10 aromatic rings. The highest BCUT2D eigenvalue weighted by Crippen LogP contribution is 2.44. The Labute approximate surface area is 269 Å². The average Bonchev–Trinajstić information content (AvgIpc) is 3.77. The fraction of sp³-hybridized carbons (Fsp3) is 0. The molecule has 0 N–H and O–H groups in total. The molecule has 0 radical (unpaired) electrons. The topological polar surface area (TPSA) is 27.4 Å². The molecule has 218 valence electrons. The van der Waals surface area contributed by atoms with Gasteiger partial charge in [-0.1, -0.05) is 109 Å². The van der Waals surface area contributed by atoms with Crippen molar-refractivity contribution in [2.24, 2.45) is 0 Å². The molecule has 0 bridgehead atoms. The van der Waals surface area contributed by atoms with E-state index in [0.717, 1.165) is 66.5 Å². The molecule has 3 heterocycles. The zero-order valence-electron chi connectivity index (χ0n) is 25.2. The summed E-state index contributed by atoms with van der Waals surface area (Å²) in [7, 11) is 0. The Bertz CT molecular complexity index is 2880. The van der Waals surface area contributed by atoms with Gasteiger partial charge in [-0.2, -0.15) is 0 Å². The number of hydrogen-bond donors (Lipinski definition) is 0. The van der Waals surface area contributed by atoms with Gasteiger partial charge in [-0.25, -0.2) is 4.85 Å². The number of para-hydroxylation sites is 6. The highest BCUT2D eigenvalue weighted by Gasteiger charge is 2.22. The molecule has 47 heavy (non-hydrogen) atoms. The van der Waals surface area contributed by atoms with Crippen LogP contribution in [0, 0.1) is 6.57 Å². The largest absolute Gasteiger partial charge is 0.456 e. The molecule has 0 aliphatic rings. The zero-order valence-corrected chi connectivity index (χ0v) is 25.2. The molecule has 0 unspecified atom stereocenters. The second-order valence-corrected chi connectivity index (χ2v) is 12.0. The minimum atomic E-state index is 0.606. The summed E-state index contributed by atoms with van der Waals surface area (Å²) in [6.45, 7) is 8.29. The van der Waals surface area contributed by atoms with E-state index in [2.05, 4.69) is 141 Å². The standard InChI is InChI=1S/C43H25N3O/c1-44-35-19-12-18-32(43(35)46-38-22-9-2-13-27(38)28-14-3-10-23-39(28)46)29-15-4-7-20-36(29)45-37-21-8-5-16-30(37)33-25-34-31-17-6-11-24-41(31)47-42(34)26-40(33)45/h2-26H. The van der Waals surface area contributed by atoms with Crippen LogP contribution < -0.4 is 0 Å². The molecule has 0 fully saturated rings. The van der Waals surface area contributed by atoms with Crippen molar-refractivity contribution < 1.29 is 4.42 Å². The molecule has 0 amide bonds. The third kappa shape index (κ3) is 3.57. The molecule has 7 aromatic carbocycles. The number of fused-ring (bicyclic) bond motifs is 9. The Morgan fingerprint density at radius 2 is 1.00 bits per heavy atom. The molecular formula is C43H25N3O. The van der Waals surface area contributed by atoms with E-state index in [4.69, 9.17) is 11.0 Å². The molecule has 3 aromatic heterocycles. The van der Waals surface area contributed by atoms with E-state index in [0.29, 0.717) is 5.69 Å². The van der Waals surface area contributed by atoms with Gasteiger partial charge in [0.05, 0.1) is 40.0 Å². The molecule has 4 nitrogen and oxygen atoms in total. The van der Waals surface area contributed by atoms with Crippen LogP contribution in [0.3, 0.4) is 0 Å². The summed E-state index contributed by atoms with van der Waals surface area (Å²) in [5.41, 5.74) is 10.7. The van der Waals surface area contributed by atoms with E-state index in [1.807, 2.05) is 24.3 Å². The maximum Gasteiger partial charge on any atom is 0.211 e. The quantitative estimate of drug-likeness (QED) is 0.186. The van der Waals surface area contributed by atoms with E-state index >= 15 is 0 Å². The van der Waals surface area contributed by atoms with Gasteiger partial charge in [-0.15, -0.1) is 0 Å². The first-order valence-corrected chi connectivity index (χ1v) is 15.7. The van der Waals surface area contributed by atoms with Crippen LogP contribution in [-0.4, -0.2) is 9.13 Å². The second kappa shape index (κ2) is 9.71. The van der Waals surface area contributed by atoms with Gasteiger partial charge in [0, 0.05) is 43.9 Å². The first-order valence-electron chi connectivity index (χ1n) is 15.7. The summed E-state index contributed by atoms with van der Waals surface area (Å²) >= 11 is 0. The Kier molecular flexibility index (Phi) is 5.32. The van der Waals surface area contributed by atoms with E-state index in [1.165, 1.54) is 21.5 Å². The zero-order chi connectivity index (χ0) is 31.1. The van der Waals surface area contributed by atoms with Gasteiger partial charge in [-0.3, -0.25) is 0 Å². The van der Waals surface area contributed by atoms with Gasteiger partial charge in [-0.05, 0) is 42.0 Å². The molecule has 10 rings (SSSR count). The minimum Gasteiger partial charge on any atom is -0.456 e. The Morgan fingerprint density at radius 1 is 0.426 bits per heavy atom. The van der Waals surface area contributed by atoms with Crippen molar-refractivity contribution >= 4 is 71.2 Å². The van der Waals surface area contributed by atoms with Crippen LogP contribution in [0.5, 0.6) is 0 Å². The lowest BCUT2D eigenvalue weighted by Gasteiger charge is -2.19. The molecule has 0 aliphatic carbocycles. The first kappa shape index (κ1) is 25.7. The van der Waals surface area contributed by atoms with Crippen LogP contribution in [-0.2, 0) is 0 Å². The van der Waals surface area contributed by atoms with E-state index < -0.39 is 0 Å². The van der Waals surface area contributed by atoms with Crippen molar-refractivity contribution in [3.05, 3.63) is 163 Å². The van der Waals surface area contributed by atoms with Gasteiger partial charge in [0.2, 0.25) is 5.69 Å². The molecule has 0 spiro atoms. The summed E-state index contributed by atoms with van der Waals surface area (Å²) in [6.07, 6.45) is 0. The van der Waals surface area contributed by atoms with Crippen LogP contribution in [0.4, 0.5) is 5.69 Å². The van der Waals surface area contributed by atoms with Crippen molar-refractivity contribution in [3.63, 3.8) is 0 Å². The smallest absolute Gasteiger partial charge is 0.211 e. The summed E-state index contributed by atoms with van der Waals surface area (Å²) in [6, 6.07) is 52.9. The predicted molar refractivity (Wildman–Crippen MR) is 194 cm³/mol. The van der Waals surface area contributed by atoms with Gasteiger partial charge in [0.15, 0.2) is 0 Å². The molecule has 0 saturated heterocycles. The van der Waals surface area contributed by atoms with Gasteiger partial charge >= 0.3 is 0 Å². The Hall–Kier alpha value is -6.57. The third-order valence-corrected chi connectivity index (χ3v) is 9.55. The number of benzene rings is 7. The lowest BCUT2D eigenvalue weighted by Crippen LogP contribution is -2.01. The van der Waals surface area contributed by atoms with Crippen molar-refractivity contribution in [3.8, 4) is 22.5 Å². The summed E-state index contributed by atoms with van der Waals surface area (Å²) in [5, 5.41) is 6.92. The molecule has 4 heteroatoms. The van der Waals surface area contributed by atoms with Gasteiger partial charge in [0.25, 0.3) is 0 Å². The van der Waals surface area contributed by atoms with E-state index in [-0.39, 0.29) is 0 Å². The maximum absolute atomic E-state index is 8.29. The van der Waals surface area contributed by atoms with Crippen molar-refractivity contribution in [2.75, 3.05) is 0 Å². The molecule has 0 atom stereocenters. The fourth-order valence-corrected chi connectivity index (χ4v) is 7.58. The molecule has 0 saturated carbocycles. The summed E-state index contributed by atoms with van der Waals surface area (Å²) in [4.78, 5) is 4.08. The average molecular weight is 600 g/mol. The van der Waals surface area contributed by atoms with Crippen molar-refractivity contribution in [1.82, 2.24) is 9.13 Å². The number of aromatic nitrogens is 2. The highest BCUT2D eigenvalue weighted by molar-refractivity contribution is 6.18. The van der Waals surface area contributed by atoms with Crippen LogP contribution in [0.25, 0.3) is 92.9 Å². The lowest BCUT2D eigenvalue weighted by atomic mass is 9.99. The van der Waals surface area contributed by atoms with E-state index in [1.54, 1.807) is 0 Å². The molecular weight excluding hydrogens is 574 g/mol. The summed E-state index contributed by atoms with van der Waals surface area (Å²) in [5.74, 6) is 0. The molecule has 0 aliphatic heterocycles. The normalized spacial score (nSPS) is 11.8. The maximum atomic E-state index is 8.29. The van der Waals surface area contributed by atoms with Crippen molar-refractivity contribution in [2.45, 2.75) is 0 Å². The Morgan fingerprint density at radius 3 is 1.72 bits per heavy atom. The fourth-order valence-electron chi connectivity index (χ4n) is 7.58. The highest BCUT2D eigenvalue weighted by atomic mass is 16.3. The third-order valence-electron chi connectivity index (χ3n) is 9.55. The summed E-state index contributed by atoms with van der Waals surface area (Å²) < 4.78 is 11.0. The Balaban J connectivity index is 1.32. The van der Waals surface area contributed by atoms with Crippen molar-refractivity contribution in [1.29, 1.82) is 0 Å².